The van der Waals surface area contributed by atoms with Crippen LogP contribution in [0.5, 0.6) is 0 Å². The number of nitrogens with two attached hydrogens (primary N) is 1. The molecule has 0 bridgehead atoms. The summed E-state index contributed by atoms with van der Waals surface area (Å²) in [7, 11) is 0. The number of halogens is 4. The first-order chi connectivity index (χ1) is 15.9. The Morgan fingerprint density at radius 3 is 2.65 bits per heavy atom. The minimum atomic E-state index is -4.81. The predicted molar refractivity (Wildman–Crippen MR) is 117 cm³/mol. The number of anilines is 1. The molecule has 34 heavy (non-hydrogen) atoms. The van der Waals surface area contributed by atoms with Gasteiger partial charge in [0.25, 0.3) is 11.7 Å². The summed E-state index contributed by atoms with van der Waals surface area (Å²) in [6.45, 7) is 8.56. The SMILES string of the molecule is [C-]#[N+]c1ccc2nc(C(=O)Nc3ccc(F)c([C@]4(C)CO[C@@](C)(C(F)(F)F)C(N)=N4)c3)sc2n1. The molecule has 3 aromatic rings. The second-order valence-electron chi connectivity index (χ2n) is 7.86. The summed E-state index contributed by atoms with van der Waals surface area (Å²) in [6, 6.07) is 6.65. The highest BCUT2D eigenvalue weighted by Crippen LogP contribution is 2.41. The summed E-state index contributed by atoms with van der Waals surface area (Å²) in [6.07, 6.45) is -4.81. The number of aliphatic imine (C=N–C) groups is 1. The van der Waals surface area contributed by atoms with E-state index in [2.05, 4.69) is 25.1 Å². The zero-order valence-corrected chi connectivity index (χ0v) is 18.5. The van der Waals surface area contributed by atoms with E-state index in [9.17, 15) is 22.4 Å². The smallest absolute Gasteiger partial charge is 0.385 e. The molecule has 176 valence electrons. The van der Waals surface area contributed by atoms with Gasteiger partial charge in [0, 0.05) is 11.3 Å². The van der Waals surface area contributed by atoms with Gasteiger partial charge in [-0.15, -0.1) is 4.98 Å². The molecule has 4 rings (SSSR count). The van der Waals surface area contributed by atoms with Gasteiger partial charge in [-0.25, -0.2) is 9.37 Å². The zero-order chi connectivity index (χ0) is 24.9. The zero-order valence-electron chi connectivity index (χ0n) is 17.7. The highest BCUT2D eigenvalue weighted by Gasteiger charge is 2.59. The minimum Gasteiger partial charge on any atom is -0.385 e. The van der Waals surface area contributed by atoms with Crippen LogP contribution in [0, 0.1) is 12.4 Å². The molecule has 0 radical (unpaired) electrons. The number of hydrogen-bond donors (Lipinski definition) is 2. The van der Waals surface area contributed by atoms with Crippen molar-refractivity contribution in [2.75, 3.05) is 11.9 Å². The summed E-state index contributed by atoms with van der Waals surface area (Å²) in [5.41, 5.74) is 1.74. The maximum atomic E-state index is 14.7. The van der Waals surface area contributed by atoms with Crippen molar-refractivity contribution in [3.05, 3.63) is 58.1 Å². The lowest BCUT2D eigenvalue weighted by molar-refractivity contribution is -0.249. The average molecular weight is 492 g/mol. The number of hydrogen-bond acceptors (Lipinski definition) is 7. The van der Waals surface area contributed by atoms with Crippen LogP contribution in [-0.2, 0) is 10.3 Å². The number of amidine groups is 1. The molecule has 2 atom stereocenters. The van der Waals surface area contributed by atoms with E-state index in [0.717, 1.165) is 24.3 Å². The molecule has 2 aromatic heterocycles. The monoisotopic (exact) mass is 492 g/mol. The van der Waals surface area contributed by atoms with Gasteiger partial charge in [-0.05, 0) is 44.2 Å². The molecule has 0 saturated carbocycles. The summed E-state index contributed by atoms with van der Waals surface area (Å²) >= 11 is 0.975. The van der Waals surface area contributed by atoms with E-state index >= 15 is 0 Å². The van der Waals surface area contributed by atoms with Crippen molar-refractivity contribution in [1.82, 2.24) is 9.97 Å². The highest BCUT2D eigenvalue weighted by atomic mass is 32.1. The number of nitrogens with zero attached hydrogens (tertiary/aromatic N) is 4. The molecule has 0 fully saturated rings. The summed E-state index contributed by atoms with van der Waals surface area (Å²) < 4.78 is 59.8. The molecule has 0 unspecified atom stereocenters. The Morgan fingerprint density at radius 1 is 1.26 bits per heavy atom. The first kappa shape index (κ1) is 23.5. The molecule has 1 amide bonds. The van der Waals surface area contributed by atoms with Gasteiger partial charge < -0.3 is 20.6 Å². The average Bonchev–Trinajstić information content (AvgIpc) is 3.20. The third-order valence-electron chi connectivity index (χ3n) is 5.39. The normalized spacial score (nSPS) is 22.8. The molecule has 1 aromatic carbocycles. The van der Waals surface area contributed by atoms with Gasteiger partial charge in [0.1, 0.15) is 22.7 Å². The largest absolute Gasteiger partial charge is 0.424 e. The fraction of sp³-hybridized carbons (Fsp3) is 0.286. The quantitative estimate of drug-likeness (QED) is 0.412. The lowest BCUT2D eigenvalue weighted by Crippen LogP contribution is -2.60. The Kier molecular flexibility index (Phi) is 5.53. The lowest BCUT2D eigenvalue weighted by Gasteiger charge is -2.41. The number of nitrogens with one attached hydrogen (secondary N) is 1. The Bertz CT molecular complexity index is 1380. The number of ether oxygens (including phenoxy) is 1. The maximum Gasteiger partial charge on any atom is 0.424 e. The van der Waals surface area contributed by atoms with Crippen LogP contribution in [0.1, 0.15) is 29.2 Å². The van der Waals surface area contributed by atoms with Gasteiger partial charge in [0.05, 0.1) is 6.61 Å². The van der Waals surface area contributed by atoms with E-state index in [4.69, 9.17) is 17.0 Å². The second kappa shape index (κ2) is 8.00. The Morgan fingerprint density at radius 2 is 2.00 bits per heavy atom. The number of amides is 1. The minimum absolute atomic E-state index is 0.0610. The molecular weight excluding hydrogens is 476 g/mol. The Hall–Kier alpha value is -3.63. The van der Waals surface area contributed by atoms with Crippen LogP contribution in [0.2, 0.25) is 0 Å². The molecule has 0 saturated heterocycles. The van der Waals surface area contributed by atoms with E-state index in [1.54, 1.807) is 6.07 Å². The van der Waals surface area contributed by atoms with Crippen LogP contribution < -0.4 is 11.1 Å². The van der Waals surface area contributed by atoms with E-state index in [1.807, 2.05) is 0 Å². The van der Waals surface area contributed by atoms with Crippen molar-refractivity contribution in [3.63, 3.8) is 0 Å². The maximum absolute atomic E-state index is 14.7. The lowest BCUT2D eigenvalue weighted by atomic mass is 9.89. The van der Waals surface area contributed by atoms with Crippen LogP contribution >= 0.6 is 11.3 Å². The first-order valence-electron chi connectivity index (χ1n) is 9.69. The summed E-state index contributed by atoms with van der Waals surface area (Å²) in [4.78, 5) is 28.5. The standard InChI is InChI=1S/C21H16F4N6O2S/c1-19(9-33-20(2,18(26)31-19)21(23,24)25)11-8-10(4-5-12(11)22)28-15(32)17-29-13-6-7-14(27-3)30-16(13)34-17/h4-8H,9H2,1-2H3,(H2,26,31)(H,28,32)/t19-,20+/m0/s1. The van der Waals surface area contributed by atoms with Crippen LogP contribution in [0.3, 0.4) is 0 Å². The summed E-state index contributed by atoms with van der Waals surface area (Å²) in [5, 5.41) is 2.64. The molecule has 0 aliphatic carbocycles. The molecule has 1 aliphatic heterocycles. The summed E-state index contributed by atoms with van der Waals surface area (Å²) in [5.74, 6) is -2.03. The number of thiazole rings is 1. The molecule has 3 N–H and O–H groups in total. The molecule has 13 heteroatoms. The van der Waals surface area contributed by atoms with Crippen molar-refractivity contribution in [3.8, 4) is 0 Å². The number of carbonyl (C=O) groups is 1. The molecule has 3 heterocycles. The van der Waals surface area contributed by atoms with Crippen LogP contribution in [0.15, 0.2) is 35.3 Å². The molecule has 0 spiro atoms. The number of pyridine rings is 1. The third-order valence-corrected chi connectivity index (χ3v) is 6.36. The number of benzene rings is 1. The third kappa shape index (κ3) is 3.95. The van der Waals surface area contributed by atoms with Crippen LogP contribution in [0.4, 0.5) is 29.1 Å². The fourth-order valence-electron chi connectivity index (χ4n) is 3.30. The van der Waals surface area contributed by atoms with Gasteiger partial charge in [-0.1, -0.05) is 17.9 Å². The molecule has 8 nitrogen and oxygen atoms in total. The van der Waals surface area contributed by atoms with Gasteiger partial charge in [0.2, 0.25) is 10.4 Å². The Balaban J connectivity index is 1.63. The van der Waals surface area contributed by atoms with E-state index in [-0.39, 0.29) is 22.1 Å². The van der Waals surface area contributed by atoms with Crippen LogP contribution in [-0.4, -0.2) is 40.1 Å². The second-order valence-corrected chi connectivity index (χ2v) is 8.84. The van der Waals surface area contributed by atoms with Crippen molar-refractivity contribution in [2.24, 2.45) is 10.7 Å². The van der Waals surface area contributed by atoms with E-state index < -0.39 is 41.5 Å². The van der Waals surface area contributed by atoms with Crippen molar-refractivity contribution >= 4 is 44.9 Å². The van der Waals surface area contributed by atoms with Crippen molar-refractivity contribution in [1.29, 1.82) is 0 Å². The topological polar surface area (TPSA) is 107 Å². The molecule has 1 aliphatic rings. The number of alkyl halides is 3. The van der Waals surface area contributed by atoms with E-state index in [1.165, 1.54) is 25.1 Å². The van der Waals surface area contributed by atoms with Gasteiger partial charge >= 0.3 is 6.18 Å². The Labute approximate surface area is 194 Å². The fourth-order valence-corrected chi connectivity index (χ4v) is 4.12. The number of rotatable bonds is 3. The van der Waals surface area contributed by atoms with Gasteiger partial charge in [-0.3, -0.25) is 9.79 Å². The van der Waals surface area contributed by atoms with Gasteiger partial charge in [0.15, 0.2) is 5.01 Å². The highest BCUT2D eigenvalue weighted by molar-refractivity contribution is 7.20. The first-order valence-corrected chi connectivity index (χ1v) is 10.5. The number of aromatic nitrogens is 2. The van der Waals surface area contributed by atoms with E-state index in [0.29, 0.717) is 10.3 Å². The predicted octanol–water partition coefficient (Wildman–Crippen LogP) is 4.56. The van der Waals surface area contributed by atoms with Crippen LogP contribution in [0.25, 0.3) is 15.2 Å². The van der Waals surface area contributed by atoms with Gasteiger partial charge in [-0.2, -0.15) is 13.2 Å². The van der Waals surface area contributed by atoms with Crippen molar-refractivity contribution in [2.45, 2.75) is 31.2 Å². The molecular formula is C21H16F4N6O2S. The number of fused-ring (bicyclic) bond motifs is 1. The van der Waals surface area contributed by atoms with Crippen molar-refractivity contribution < 1.29 is 27.1 Å². The number of carbonyl (C=O) groups excluding carboxylic acids is 1.